The number of aryl methyl sites for hydroxylation is 1. The minimum Gasteiger partial charge on any atom is -0.491 e. The Morgan fingerprint density at radius 1 is 0.455 bits per heavy atom. The van der Waals surface area contributed by atoms with Crippen LogP contribution in [0.4, 0.5) is 0 Å². The maximum absolute atomic E-state index is 13.0. The molecule has 8 aromatic rings. The number of carbonyl (C=O) groups is 1. The normalized spacial score (nSPS) is 12.4. The van der Waals surface area contributed by atoms with Crippen LogP contribution in [0.5, 0.6) is 5.75 Å². The molecule has 0 radical (unpaired) electrons. The molecule has 4 nitrogen and oxygen atoms in total. The van der Waals surface area contributed by atoms with Crippen molar-refractivity contribution in [1.82, 2.24) is 0 Å². The number of hydrogen-bond acceptors (Lipinski definition) is 10. The summed E-state index contributed by atoms with van der Waals surface area (Å²) in [5.41, 5.74) is 3.29. The van der Waals surface area contributed by atoms with E-state index in [-0.39, 0.29) is 21.5 Å². The van der Waals surface area contributed by atoms with Gasteiger partial charge >= 0.3 is 5.97 Å². The van der Waals surface area contributed by atoms with Gasteiger partial charge in [-0.3, -0.25) is 0 Å². The van der Waals surface area contributed by atoms with Gasteiger partial charge in [-0.25, -0.2) is 4.79 Å². The van der Waals surface area contributed by atoms with Crippen molar-refractivity contribution in [2.45, 2.75) is 93.3 Å². The van der Waals surface area contributed by atoms with Gasteiger partial charge in [0.05, 0.1) is 0 Å². The van der Waals surface area contributed by atoms with Gasteiger partial charge in [-0.15, -0.1) is 0 Å². The number of ether oxygens (including phenoxy) is 3. The second-order valence-electron chi connectivity index (χ2n) is 18.6. The van der Waals surface area contributed by atoms with Crippen LogP contribution in [0.25, 0.3) is 0 Å². The summed E-state index contributed by atoms with van der Waals surface area (Å²) in [7, 11) is 0. The average Bonchev–Trinajstić information content (AvgIpc) is 3.46. The van der Waals surface area contributed by atoms with Crippen molar-refractivity contribution in [1.29, 1.82) is 0 Å². The molecule has 2 atom stereocenters. The molecule has 0 aliphatic carbocycles. The summed E-state index contributed by atoms with van der Waals surface area (Å²) in [6, 6.07) is 80.5. The number of benzene rings is 8. The van der Waals surface area contributed by atoms with Crippen LogP contribution in [-0.4, -0.2) is 31.6 Å². The standard InChI is InChI=1S/C67H64O4S6/c1-6-51(3)70-56(48-66(72-58-26-14-8-15-27-58,73-59-28-16-9-17-29-59)74-60-30-18-10-19-31-60)45-40-52-38-41-53(42-39-52)65(4,5)54-43-46-55(47-44-54)69-50-57(71-64(68)7-2)49-67(75-61-32-20-11-21-33-61,76-62-34-22-12-23-35-62)77-63-36-24-13-25-37-63/h6-39,41-44,46-47,56-57H,1-3,40,45,48-50H2,4-5H3. The molecule has 0 saturated carbocycles. The summed E-state index contributed by atoms with van der Waals surface area (Å²) in [6.07, 6.45) is 5.00. The molecule has 8 aromatic carbocycles. The fraction of sp³-hybridized carbons (Fsp3) is 0.179. The largest absolute Gasteiger partial charge is 0.491 e. The van der Waals surface area contributed by atoms with E-state index < -0.39 is 15.5 Å². The number of esters is 1. The predicted molar refractivity (Wildman–Crippen MR) is 332 cm³/mol. The zero-order valence-corrected chi connectivity index (χ0v) is 48.4. The van der Waals surface area contributed by atoms with Crippen LogP contribution in [-0.2, 0) is 26.1 Å². The van der Waals surface area contributed by atoms with E-state index in [2.05, 4.69) is 234 Å². The van der Waals surface area contributed by atoms with Crippen molar-refractivity contribution in [3.8, 4) is 5.75 Å². The summed E-state index contributed by atoms with van der Waals surface area (Å²) in [4.78, 5) is 19.9. The van der Waals surface area contributed by atoms with Crippen molar-refractivity contribution in [3.05, 3.63) is 285 Å². The Bertz CT molecular complexity index is 2660. The number of carbonyl (C=O) groups excluding carboxylic acids is 1. The summed E-state index contributed by atoms with van der Waals surface area (Å²) in [5, 5.41) is 0. The van der Waals surface area contributed by atoms with E-state index in [9.17, 15) is 4.79 Å². The first kappa shape index (κ1) is 57.3. The highest BCUT2D eigenvalue weighted by Gasteiger charge is 2.40. The fourth-order valence-electron chi connectivity index (χ4n) is 8.49. The SMILES string of the molecule is C=CC(=C)OC(CCc1ccc(C(C)(C)c2ccc(OCC(CC(Sc3ccccc3)(Sc3ccccc3)Sc3ccccc3)OC(=O)C=C)cc2)cc1)CC(Sc1ccccc1)(Sc1ccccc1)Sc1ccccc1. The Hall–Kier alpha value is -5.85. The zero-order chi connectivity index (χ0) is 53.8. The molecule has 8 rings (SSSR count). The highest BCUT2D eigenvalue weighted by molar-refractivity contribution is 8.34. The molecule has 0 aliphatic heterocycles. The fourth-order valence-corrected chi connectivity index (χ4v) is 18.5. The quantitative estimate of drug-likeness (QED) is 0.0113. The molecule has 0 heterocycles. The third-order valence-corrected chi connectivity index (χ3v) is 21.4. The first-order valence-electron chi connectivity index (χ1n) is 25.6. The predicted octanol–water partition coefficient (Wildman–Crippen LogP) is 19.3. The Morgan fingerprint density at radius 3 is 1.13 bits per heavy atom. The van der Waals surface area contributed by atoms with Gasteiger partial charge < -0.3 is 14.2 Å². The summed E-state index contributed by atoms with van der Waals surface area (Å²) >= 11 is 10.9. The summed E-state index contributed by atoms with van der Waals surface area (Å²) in [5.74, 6) is 0.777. The number of hydrogen-bond donors (Lipinski definition) is 0. The van der Waals surface area contributed by atoms with Crippen molar-refractivity contribution in [2.24, 2.45) is 0 Å². The summed E-state index contributed by atoms with van der Waals surface area (Å²) in [6.45, 7) is 16.6. The van der Waals surface area contributed by atoms with E-state index in [4.69, 9.17) is 14.2 Å². The third kappa shape index (κ3) is 17.6. The van der Waals surface area contributed by atoms with Crippen molar-refractivity contribution >= 4 is 76.5 Å². The second kappa shape index (κ2) is 28.7. The lowest BCUT2D eigenvalue weighted by molar-refractivity contribution is -0.144. The Balaban J connectivity index is 0.974. The Kier molecular flexibility index (Phi) is 21.4. The van der Waals surface area contributed by atoms with E-state index in [0.29, 0.717) is 17.9 Å². The van der Waals surface area contributed by atoms with Crippen LogP contribution in [0, 0.1) is 0 Å². The molecule has 0 amide bonds. The van der Waals surface area contributed by atoms with Crippen molar-refractivity contribution in [2.75, 3.05) is 6.61 Å². The van der Waals surface area contributed by atoms with Gasteiger partial charge in [0, 0.05) is 53.7 Å². The molecule has 0 fully saturated rings. The minimum atomic E-state index is -0.599. The van der Waals surface area contributed by atoms with Crippen LogP contribution in [0.3, 0.4) is 0 Å². The zero-order valence-electron chi connectivity index (χ0n) is 43.5. The third-order valence-electron chi connectivity index (χ3n) is 12.5. The lowest BCUT2D eigenvalue weighted by Crippen LogP contribution is -2.32. The lowest BCUT2D eigenvalue weighted by Gasteiger charge is -2.35. The second-order valence-corrected chi connectivity index (χ2v) is 28.4. The molecule has 0 aromatic heterocycles. The molecule has 0 saturated heterocycles. The number of thioether (sulfide) groups is 6. The number of allylic oxidation sites excluding steroid dienone is 1. The van der Waals surface area contributed by atoms with E-state index >= 15 is 0 Å². The highest BCUT2D eigenvalue weighted by Crippen LogP contribution is 2.60. The van der Waals surface area contributed by atoms with E-state index in [1.807, 2.05) is 65.6 Å². The van der Waals surface area contributed by atoms with Gasteiger partial charge in [0.25, 0.3) is 0 Å². The minimum absolute atomic E-state index is 0.151. The van der Waals surface area contributed by atoms with Gasteiger partial charge in [0.15, 0.2) is 0 Å². The molecular weight excluding hydrogens is 1060 g/mol. The maximum atomic E-state index is 13.0. The van der Waals surface area contributed by atoms with E-state index in [1.54, 1.807) is 41.4 Å². The van der Waals surface area contributed by atoms with Crippen LogP contribution in [0.1, 0.15) is 49.8 Å². The Morgan fingerprint density at radius 2 is 0.792 bits per heavy atom. The van der Waals surface area contributed by atoms with Gasteiger partial charge in [-0.05, 0) is 121 Å². The molecule has 0 spiro atoms. The number of rotatable bonds is 29. The Labute approximate surface area is 482 Å². The van der Waals surface area contributed by atoms with Crippen LogP contribution >= 0.6 is 70.6 Å². The molecule has 392 valence electrons. The van der Waals surface area contributed by atoms with Gasteiger partial charge in [-0.2, -0.15) is 0 Å². The average molecular weight is 1130 g/mol. The van der Waals surface area contributed by atoms with E-state index in [0.717, 1.165) is 39.5 Å². The highest BCUT2D eigenvalue weighted by atomic mass is 32.3. The van der Waals surface area contributed by atoms with Crippen LogP contribution in [0.2, 0.25) is 0 Å². The molecule has 77 heavy (non-hydrogen) atoms. The van der Waals surface area contributed by atoms with Gasteiger partial charge in [0.1, 0.15) is 37.1 Å². The summed E-state index contributed by atoms with van der Waals surface area (Å²) < 4.78 is 18.4. The molecule has 10 heteroatoms. The smallest absolute Gasteiger partial charge is 0.330 e. The first-order chi connectivity index (χ1) is 37.5. The van der Waals surface area contributed by atoms with Crippen molar-refractivity contribution < 1.29 is 19.0 Å². The lowest BCUT2D eigenvalue weighted by atomic mass is 9.78. The van der Waals surface area contributed by atoms with E-state index in [1.165, 1.54) is 31.9 Å². The maximum Gasteiger partial charge on any atom is 0.330 e. The molecule has 2 unspecified atom stereocenters. The molecule has 0 aliphatic rings. The van der Waals surface area contributed by atoms with Crippen LogP contribution < -0.4 is 4.74 Å². The van der Waals surface area contributed by atoms with Crippen molar-refractivity contribution in [3.63, 3.8) is 0 Å². The monoisotopic (exact) mass is 1120 g/mol. The molecule has 0 bridgehead atoms. The topological polar surface area (TPSA) is 44.8 Å². The molecular formula is C67H64O4S6. The first-order valence-corrected chi connectivity index (χ1v) is 30.5. The van der Waals surface area contributed by atoms with Gasteiger partial charge in [0.2, 0.25) is 0 Å². The molecule has 0 N–H and O–H groups in total. The van der Waals surface area contributed by atoms with Gasteiger partial charge in [-0.1, -0.05) is 250 Å². The van der Waals surface area contributed by atoms with Crippen LogP contribution in [0.15, 0.2) is 298 Å².